The van der Waals surface area contributed by atoms with Crippen molar-refractivity contribution >= 4 is 5.91 Å². The van der Waals surface area contributed by atoms with Gasteiger partial charge >= 0.3 is 0 Å². The second-order valence-electron chi connectivity index (χ2n) is 6.50. The fourth-order valence-electron chi connectivity index (χ4n) is 3.32. The Morgan fingerprint density at radius 2 is 1.80 bits per heavy atom. The Morgan fingerprint density at radius 3 is 2.52 bits per heavy atom. The molecule has 1 atom stereocenters. The fourth-order valence-corrected chi connectivity index (χ4v) is 3.32. The van der Waals surface area contributed by atoms with Gasteiger partial charge in [-0.25, -0.2) is 0 Å². The number of hydrogen-bond acceptors (Lipinski definition) is 4. The molecule has 1 saturated heterocycles. The van der Waals surface area contributed by atoms with Crippen molar-refractivity contribution < 1.29 is 4.79 Å². The molecule has 1 fully saturated rings. The molecule has 0 spiro atoms. The molecule has 3 heterocycles. The standard InChI is InChI=1S/C20H26N4O/c25-20(10-9-17-6-1-3-13-22-17)24(16-18-7-2-4-14-23-18)19-8-5-12-21-15-11-19/h1-4,6-7,13-14,19,21H,5,8-12,15-16H2. The normalized spacial score (nSPS) is 17.7. The summed E-state index contributed by atoms with van der Waals surface area (Å²) in [5, 5.41) is 3.43. The van der Waals surface area contributed by atoms with Crippen LogP contribution in [0.25, 0.3) is 0 Å². The minimum atomic E-state index is 0.197. The molecule has 1 amide bonds. The summed E-state index contributed by atoms with van der Waals surface area (Å²) in [4.78, 5) is 23.8. The van der Waals surface area contributed by atoms with Gasteiger partial charge in [-0.1, -0.05) is 12.1 Å². The number of hydrogen-bond donors (Lipinski definition) is 1. The van der Waals surface area contributed by atoms with Crippen LogP contribution in [0.4, 0.5) is 0 Å². The number of carbonyl (C=O) groups excluding carboxylic acids is 1. The number of nitrogens with zero attached hydrogens (tertiary/aromatic N) is 3. The van der Waals surface area contributed by atoms with Crippen molar-refractivity contribution in [3.8, 4) is 0 Å². The quantitative estimate of drug-likeness (QED) is 0.879. The summed E-state index contributed by atoms with van der Waals surface area (Å²) in [5.41, 5.74) is 1.92. The Morgan fingerprint density at radius 1 is 1.04 bits per heavy atom. The summed E-state index contributed by atoms with van der Waals surface area (Å²) >= 11 is 0. The van der Waals surface area contributed by atoms with E-state index in [2.05, 4.69) is 15.3 Å². The van der Waals surface area contributed by atoms with Gasteiger partial charge in [-0.05, 0) is 63.0 Å². The van der Waals surface area contributed by atoms with E-state index >= 15 is 0 Å². The third-order valence-electron chi connectivity index (χ3n) is 4.69. The van der Waals surface area contributed by atoms with E-state index in [-0.39, 0.29) is 11.9 Å². The molecule has 132 valence electrons. The summed E-state index contributed by atoms with van der Waals surface area (Å²) in [7, 11) is 0. The van der Waals surface area contributed by atoms with Gasteiger partial charge in [-0.15, -0.1) is 0 Å². The van der Waals surface area contributed by atoms with Crippen molar-refractivity contribution in [1.82, 2.24) is 20.2 Å². The minimum Gasteiger partial charge on any atom is -0.334 e. The Bertz CT molecular complexity index is 639. The van der Waals surface area contributed by atoms with E-state index < -0.39 is 0 Å². The van der Waals surface area contributed by atoms with Crippen LogP contribution in [-0.2, 0) is 17.8 Å². The molecular weight excluding hydrogens is 312 g/mol. The van der Waals surface area contributed by atoms with Crippen molar-refractivity contribution in [3.63, 3.8) is 0 Å². The lowest BCUT2D eigenvalue weighted by molar-refractivity contribution is -0.134. The predicted molar refractivity (Wildman–Crippen MR) is 97.9 cm³/mol. The van der Waals surface area contributed by atoms with Crippen LogP contribution in [0.5, 0.6) is 0 Å². The highest BCUT2D eigenvalue weighted by Gasteiger charge is 2.24. The second-order valence-corrected chi connectivity index (χ2v) is 6.50. The van der Waals surface area contributed by atoms with Crippen LogP contribution < -0.4 is 5.32 Å². The first kappa shape index (κ1) is 17.5. The minimum absolute atomic E-state index is 0.197. The van der Waals surface area contributed by atoms with Crippen molar-refractivity contribution in [2.45, 2.75) is 44.7 Å². The Labute approximate surface area is 149 Å². The first-order valence-corrected chi connectivity index (χ1v) is 9.13. The lowest BCUT2D eigenvalue weighted by atomic mass is 10.1. The molecule has 1 aliphatic rings. The average Bonchev–Trinajstić information content (AvgIpc) is 2.95. The molecule has 0 radical (unpaired) electrons. The summed E-state index contributed by atoms with van der Waals surface area (Å²) in [5.74, 6) is 0.197. The van der Waals surface area contributed by atoms with Gasteiger partial charge in [0.15, 0.2) is 0 Å². The highest BCUT2D eigenvalue weighted by Crippen LogP contribution is 2.18. The molecule has 25 heavy (non-hydrogen) atoms. The molecule has 1 unspecified atom stereocenters. The Kier molecular flexibility index (Phi) is 6.51. The lowest BCUT2D eigenvalue weighted by Gasteiger charge is -2.31. The highest BCUT2D eigenvalue weighted by atomic mass is 16.2. The molecule has 5 heteroatoms. The zero-order valence-electron chi connectivity index (χ0n) is 14.6. The van der Waals surface area contributed by atoms with Crippen LogP contribution in [0, 0.1) is 0 Å². The lowest BCUT2D eigenvalue weighted by Crippen LogP contribution is -2.40. The second kappa shape index (κ2) is 9.28. The van der Waals surface area contributed by atoms with Gasteiger partial charge in [-0.3, -0.25) is 14.8 Å². The monoisotopic (exact) mass is 338 g/mol. The highest BCUT2D eigenvalue weighted by molar-refractivity contribution is 5.76. The first-order chi connectivity index (χ1) is 12.3. The summed E-state index contributed by atoms with van der Waals surface area (Å²) < 4.78 is 0. The number of amides is 1. The van der Waals surface area contributed by atoms with E-state index in [0.717, 1.165) is 43.7 Å². The van der Waals surface area contributed by atoms with Gasteiger partial charge in [-0.2, -0.15) is 0 Å². The van der Waals surface area contributed by atoms with Crippen molar-refractivity contribution in [2.75, 3.05) is 13.1 Å². The maximum Gasteiger partial charge on any atom is 0.223 e. The van der Waals surface area contributed by atoms with Crippen LogP contribution in [0.3, 0.4) is 0 Å². The number of carbonyl (C=O) groups is 1. The first-order valence-electron chi connectivity index (χ1n) is 9.13. The maximum atomic E-state index is 13.0. The van der Waals surface area contributed by atoms with Crippen LogP contribution in [0.15, 0.2) is 48.8 Å². The molecule has 1 aliphatic heterocycles. The van der Waals surface area contributed by atoms with Crippen LogP contribution >= 0.6 is 0 Å². The van der Waals surface area contributed by atoms with Crippen molar-refractivity contribution in [3.05, 3.63) is 60.2 Å². The van der Waals surface area contributed by atoms with Crippen LogP contribution in [0.1, 0.15) is 37.1 Å². The number of nitrogens with one attached hydrogen (secondary N) is 1. The molecule has 1 N–H and O–H groups in total. The zero-order chi connectivity index (χ0) is 17.3. The van der Waals surface area contributed by atoms with Crippen molar-refractivity contribution in [2.24, 2.45) is 0 Å². The fraction of sp³-hybridized carbons (Fsp3) is 0.450. The molecule has 2 aromatic heterocycles. The molecular formula is C20H26N4O. The van der Waals surface area contributed by atoms with E-state index in [4.69, 9.17) is 0 Å². The Balaban J connectivity index is 1.68. The van der Waals surface area contributed by atoms with Gasteiger partial charge in [0.05, 0.1) is 12.2 Å². The zero-order valence-corrected chi connectivity index (χ0v) is 14.6. The molecule has 5 nitrogen and oxygen atoms in total. The predicted octanol–water partition coefficient (Wildman–Crippen LogP) is 2.58. The number of pyridine rings is 2. The van der Waals surface area contributed by atoms with Gasteiger partial charge in [0.25, 0.3) is 0 Å². The van der Waals surface area contributed by atoms with E-state index in [1.807, 2.05) is 41.3 Å². The van der Waals surface area contributed by atoms with Crippen LogP contribution in [-0.4, -0.2) is 39.9 Å². The topological polar surface area (TPSA) is 58.1 Å². The average molecular weight is 338 g/mol. The van der Waals surface area contributed by atoms with Gasteiger partial charge < -0.3 is 10.2 Å². The Hall–Kier alpha value is -2.27. The number of aromatic nitrogens is 2. The summed E-state index contributed by atoms with van der Waals surface area (Å²) in [6, 6.07) is 12.0. The summed E-state index contributed by atoms with van der Waals surface area (Å²) in [6.07, 6.45) is 7.91. The molecule has 0 saturated carbocycles. The number of aryl methyl sites for hydroxylation is 1. The van der Waals surface area contributed by atoms with E-state index in [9.17, 15) is 4.79 Å². The smallest absolute Gasteiger partial charge is 0.223 e. The third-order valence-corrected chi connectivity index (χ3v) is 4.69. The molecule has 0 aromatic carbocycles. The van der Waals surface area contributed by atoms with E-state index in [0.29, 0.717) is 19.4 Å². The SMILES string of the molecule is O=C(CCc1ccccn1)N(Cc1ccccn1)C1CCCNCC1. The van der Waals surface area contributed by atoms with Crippen LogP contribution in [0.2, 0.25) is 0 Å². The third kappa shape index (κ3) is 5.36. The molecule has 0 bridgehead atoms. The molecule has 3 rings (SSSR count). The van der Waals surface area contributed by atoms with Gasteiger partial charge in [0, 0.05) is 30.6 Å². The van der Waals surface area contributed by atoms with Gasteiger partial charge in [0.1, 0.15) is 0 Å². The maximum absolute atomic E-state index is 13.0. The largest absolute Gasteiger partial charge is 0.334 e. The number of rotatable bonds is 6. The van der Waals surface area contributed by atoms with Crippen molar-refractivity contribution in [1.29, 1.82) is 0 Å². The van der Waals surface area contributed by atoms with E-state index in [1.54, 1.807) is 12.4 Å². The summed E-state index contributed by atoms with van der Waals surface area (Å²) in [6.45, 7) is 2.60. The molecule has 0 aliphatic carbocycles. The van der Waals surface area contributed by atoms with Gasteiger partial charge in [0.2, 0.25) is 5.91 Å². The molecule has 2 aromatic rings. The van der Waals surface area contributed by atoms with E-state index in [1.165, 1.54) is 0 Å².